The second-order valence-electron chi connectivity index (χ2n) is 6.47. The number of nitrogens with one attached hydrogen (secondary N) is 1. The van der Waals surface area contributed by atoms with Crippen molar-refractivity contribution in [3.8, 4) is 0 Å². The maximum absolute atomic E-state index is 13.7. The summed E-state index contributed by atoms with van der Waals surface area (Å²) in [7, 11) is 3.46. The highest BCUT2D eigenvalue weighted by molar-refractivity contribution is 14.0. The van der Waals surface area contributed by atoms with E-state index >= 15 is 0 Å². The van der Waals surface area contributed by atoms with Gasteiger partial charge in [-0.25, -0.2) is 9.38 Å². The summed E-state index contributed by atoms with van der Waals surface area (Å²) >= 11 is 3.18. The average molecular weight is 556 g/mol. The summed E-state index contributed by atoms with van der Waals surface area (Å²) in [5, 5.41) is 3.26. The van der Waals surface area contributed by atoms with Crippen LogP contribution in [0.25, 0.3) is 0 Å². The van der Waals surface area contributed by atoms with Gasteiger partial charge in [0.25, 0.3) is 0 Å². The minimum absolute atomic E-state index is 0. The molecule has 2 rings (SSSR count). The Morgan fingerprint density at radius 3 is 2.52 bits per heavy atom. The van der Waals surface area contributed by atoms with Crippen LogP contribution in [0.4, 0.5) is 4.39 Å². The van der Waals surface area contributed by atoms with Crippen molar-refractivity contribution < 1.29 is 9.18 Å². The van der Waals surface area contributed by atoms with Crippen LogP contribution in [0, 0.1) is 5.82 Å². The summed E-state index contributed by atoms with van der Waals surface area (Å²) in [5.74, 6) is 0.529. The third-order valence-electron chi connectivity index (χ3n) is 4.26. The van der Waals surface area contributed by atoms with Crippen molar-refractivity contribution in [2.45, 2.75) is 13.5 Å². The molecule has 0 unspecified atom stereocenters. The molecule has 0 aromatic heterocycles. The third-order valence-corrected chi connectivity index (χ3v) is 4.90. The first kappa shape index (κ1) is 24.1. The highest BCUT2D eigenvalue weighted by Gasteiger charge is 2.20. The third kappa shape index (κ3) is 7.53. The molecule has 1 aliphatic rings. The molecule has 152 valence electrons. The SMILES string of the molecule is CCNC(=NCC(=O)N(C)C)N1CCN(Cc2ccc(Br)c(F)c2)CC1.I. The number of guanidine groups is 1. The van der Waals surface area contributed by atoms with E-state index in [-0.39, 0.29) is 42.2 Å². The molecule has 1 amide bonds. The normalized spacial score (nSPS) is 15.3. The Hall–Kier alpha value is -0.940. The van der Waals surface area contributed by atoms with Crippen LogP contribution in [-0.4, -0.2) is 79.9 Å². The fraction of sp³-hybridized carbons (Fsp3) is 0.556. The molecule has 0 spiro atoms. The number of carbonyl (C=O) groups excluding carboxylic acids is 1. The van der Waals surface area contributed by atoms with Crippen LogP contribution in [0.2, 0.25) is 0 Å². The zero-order valence-corrected chi connectivity index (χ0v) is 20.0. The summed E-state index contributed by atoms with van der Waals surface area (Å²) in [6.07, 6.45) is 0. The van der Waals surface area contributed by atoms with E-state index < -0.39 is 0 Å². The number of nitrogens with zero attached hydrogens (tertiary/aromatic N) is 4. The number of amides is 1. The van der Waals surface area contributed by atoms with Gasteiger partial charge in [-0.2, -0.15) is 0 Å². The summed E-state index contributed by atoms with van der Waals surface area (Å²) < 4.78 is 14.2. The van der Waals surface area contributed by atoms with Crippen LogP contribution in [-0.2, 0) is 11.3 Å². The molecule has 1 aliphatic heterocycles. The largest absolute Gasteiger partial charge is 0.357 e. The number of hydrogen-bond acceptors (Lipinski definition) is 3. The summed E-state index contributed by atoms with van der Waals surface area (Å²) in [4.78, 5) is 22.2. The van der Waals surface area contributed by atoms with E-state index in [9.17, 15) is 9.18 Å². The molecule has 1 saturated heterocycles. The van der Waals surface area contributed by atoms with E-state index in [2.05, 4.69) is 36.0 Å². The highest BCUT2D eigenvalue weighted by Crippen LogP contribution is 2.18. The quantitative estimate of drug-likeness (QED) is 0.344. The van der Waals surface area contributed by atoms with E-state index in [4.69, 9.17) is 0 Å². The first-order valence-corrected chi connectivity index (χ1v) is 9.59. The number of likely N-dealkylation sites (N-methyl/N-ethyl adjacent to an activating group) is 1. The van der Waals surface area contributed by atoms with Crippen molar-refractivity contribution in [2.24, 2.45) is 4.99 Å². The van der Waals surface area contributed by atoms with Crippen LogP contribution in [0.3, 0.4) is 0 Å². The number of carbonyl (C=O) groups is 1. The molecular weight excluding hydrogens is 528 g/mol. The Kier molecular flexibility index (Phi) is 10.5. The fourth-order valence-electron chi connectivity index (χ4n) is 2.72. The fourth-order valence-corrected chi connectivity index (χ4v) is 2.97. The zero-order chi connectivity index (χ0) is 19.1. The molecule has 6 nitrogen and oxygen atoms in total. The molecule has 9 heteroatoms. The first-order valence-electron chi connectivity index (χ1n) is 8.80. The molecule has 1 aromatic carbocycles. The van der Waals surface area contributed by atoms with E-state index in [1.165, 1.54) is 0 Å². The monoisotopic (exact) mass is 555 g/mol. The van der Waals surface area contributed by atoms with Gasteiger partial charge in [0.05, 0.1) is 4.47 Å². The van der Waals surface area contributed by atoms with Crippen molar-refractivity contribution in [3.63, 3.8) is 0 Å². The highest BCUT2D eigenvalue weighted by atomic mass is 127. The smallest absolute Gasteiger partial charge is 0.243 e. The zero-order valence-electron chi connectivity index (χ0n) is 16.0. The maximum atomic E-state index is 13.7. The molecule has 1 aromatic rings. The van der Waals surface area contributed by atoms with Gasteiger partial charge < -0.3 is 15.1 Å². The Bertz CT molecular complexity index is 651. The van der Waals surface area contributed by atoms with Crippen LogP contribution in [0.1, 0.15) is 12.5 Å². The second kappa shape index (κ2) is 11.8. The van der Waals surface area contributed by atoms with E-state index in [1.54, 1.807) is 31.1 Å². The van der Waals surface area contributed by atoms with Crippen LogP contribution in [0.15, 0.2) is 27.7 Å². The van der Waals surface area contributed by atoms with Gasteiger partial charge >= 0.3 is 0 Å². The van der Waals surface area contributed by atoms with Crippen LogP contribution >= 0.6 is 39.9 Å². The Morgan fingerprint density at radius 1 is 1.30 bits per heavy atom. The first-order chi connectivity index (χ1) is 12.4. The standard InChI is InChI=1S/C18H27BrFN5O.HI/c1-4-21-18(22-12-17(26)23(2)3)25-9-7-24(8-10-25)13-14-5-6-15(19)16(20)11-14;/h5-6,11H,4,7-10,12-13H2,1-3H3,(H,21,22);1H. The number of hydrogen-bond donors (Lipinski definition) is 1. The lowest BCUT2D eigenvalue weighted by molar-refractivity contribution is -0.127. The number of benzene rings is 1. The molecule has 27 heavy (non-hydrogen) atoms. The van der Waals surface area contributed by atoms with Crippen LogP contribution < -0.4 is 5.32 Å². The molecule has 1 heterocycles. The van der Waals surface area contributed by atoms with Gasteiger partial charge in [-0.1, -0.05) is 6.07 Å². The summed E-state index contributed by atoms with van der Waals surface area (Å²) in [6.45, 7) is 7.02. The average Bonchev–Trinajstić information content (AvgIpc) is 2.62. The van der Waals surface area contributed by atoms with Gasteiger partial charge in [0.1, 0.15) is 12.4 Å². The van der Waals surface area contributed by atoms with Gasteiger partial charge in [0.2, 0.25) is 5.91 Å². The van der Waals surface area contributed by atoms with E-state index in [1.807, 2.05) is 13.0 Å². The number of rotatable bonds is 5. The van der Waals surface area contributed by atoms with Gasteiger partial charge in [0.15, 0.2) is 5.96 Å². The van der Waals surface area contributed by atoms with Crippen LogP contribution in [0.5, 0.6) is 0 Å². The maximum Gasteiger partial charge on any atom is 0.243 e. The predicted molar refractivity (Wildman–Crippen MR) is 121 cm³/mol. The molecule has 0 saturated carbocycles. The van der Waals surface area contributed by atoms with Gasteiger partial charge in [-0.15, -0.1) is 24.0 Å². The van der Waals surface area contributed by atoms with Crippen molar-refractivity contribution in [2.75, 3.05) is 53.4 Å². The lowest BCUT2D eigenvalue weighted by atomic mass is 10.2. The Morgan fingerprint density at radius 2 is 1.96 bits per heavy atom. The van der Waals surface area contributed by atoms with E-state index in [0.717, 1.165) is 50.8 Å². The molecular formula is C18H28BrFIN5O. The van der Waals surface area contributed by atoms with Crippen molar-refractivity contribution in [1.29, 1.82) is 0 Å². The number of piperazine rings is 1. The van der Waals surface area contributed by atoms with Gasteiger partial charge in [0, 0.05) is 53.4 Å². The molecule has 1 N–H and O–H groups in total. The Labute approximate surface area is 186 Å². The van der Waals surface area contributed by atoms with Gasteiger partial charge in [-0.05, 0) is 40.5 Å². The molecule has 0 atom stereocenters. The number of halogens is 3. The topological polar surface area (TPSA) is 51.2 Å². The molecule has 1 fully saturated rings. The summed E-state index contributed by atoms with van der Waals surface area (Å²) in [6, 6.07) is 5.27. The van der Waals surface area contributed by atoms with Crippen molar-refractivity contribution in [3.05, 3.63) is 34.1 Å². The second-order valence-corrected chi connectivity index (χ2v) is 7.32. The molecule has 0 bridgehead atoms. The minimum atomic E-state index is -0.228. The predicted octanol–water partition coefficient (Wildman–Crippen LogP) is 2.38. The van der Waals surface area contributed by atoms with Crippen molar-refractivity contribution in [1.82, 2.24) is 20.0 Å². The van der Waals surface area contributed by atoms with E-state index in [0.29, 0.717) is 4.47 Å². The number of aliphatic imine (C=N–C) groups is 1. The Balaban J connectivity index is 0.00000364. The summed E-state index contributed by atoms with van der Waals surface area (Å²) in [5.41, 5.74) is 0.969. The minimum Gasteiger partial charge on any atom is -0.357 e. The lowest BCUT2D eigenvalue weighted by Crippen LogP contribution is -2.52. The molecule has 0 aliphatic carbocycles. The lowest BCUT2D eigenvalue weighted by Gasteiger charge is -2.36. The van der Waals surface area contributed by atoms with Crippen molar-refractivity contribution >= 4 is 51.8 Å². The molecule has 0 radical (unpaired) electrons. The van der Waals surface area contributed by atoms with Gasteiger partial charge in [-0.3, -0.25) is 9.69 Å².